The summed E-state index contributed by atoms with van der Waals surface area (Å²) < 4.78 is 15.8. The molecule has 0 fully saturated rings. The van der Waals surface area contributed by atoms with E-state index in [4.69, 9.17) is 25.8 Å². The summed E-state index contributed by atoms with van der Waals surface area (Å²) in [4.78, 5) is 37.1. The Labute approximate surface area is 206 Å². The van der Waals surface area contributed by atoms with Crippen LogP contribution in [0, 0.1) is 0 Å². The predicted molar refractivity (Wildman–Crippen MR) is 131 cm³/mol. The Bertz CT molecular complexity index is 1290. The molecule has 0 saturated carbocycles. The second-order valence-corrected chi connectivity index (χ2v) is 7.49. The summed E-state index contributed by atoms with van der Waals surface area (Å²) in [7, 11) is 2.92. The van der Waals surface area contributed by atoms with Gasteiger partial charge in [0.15, 0.2) is 0 Å². The van der Waals surface area contributed by atoms with Crippen molar-refractivity contribution in [1.29, 1.82) is 0 Å². The number of hydrogen-bond donors (Lipinski definition) is 2. The van der Waals surface area contributed by atoms with Crippen LogP contribution in [-0.4, -0.2) is 37.7 Å². The maximum absolute atomic E-state index is 12.5. The van der Waals surface area contributed by atoms with Crippen molar-refractivity contribution in [2.75, 3.05) is 19.5 Å². The third-order valence-corrected chi connectivity index (χ3v) is 4.96. The monoisotopic (exact) mass is 495 g/mol. The number of nitrogens with one attached hydrogen (secondary N) is 2. The van der Waals surface area contributed by atoms with E-state index in [0.29, 0.717) is 27.8 Å². The molecule has 2 N–H and O–H groups in total. The van der Waals surface area contributed by atoms with Gasteiger partial charge in [-0.3, -0.25) is 9.59 Å². The van der Waals surface area contributed by atoms with Crippen LogP contribution in [0.3, 0.4) is 0 Å². The van der Waals surface area contributed by atoms with Crippen molar-refractivity contribution in [3.05, 3.63) is 82.9 Å². The van der Waals surface area contributed by atoms with Crippen molar-refractivity contribution < 1.29 is 28.6 Å². The first-order valence-electron chi connectivity index (χ1n) is 10.3. The summed E-state index contributed by atoms with van der Waals surface area (Å²) in [6.45, 7) is 1.59. The van der Waals surface area contributed by atoms with Gasteiger partial charge in [0.2, 0.25) is 0 Å². The van der Waals surface area contributed by atoms with E-state index in [-0.39, 0.29) is 17.0 Å². The van der Waals surface area contributed by atoms with Gasteiger partial charge in [0, 0.05) is 16.7 Å². The summed E-state index contributed by atoms with van der Waals surface area (Å²) in [6, 6.07) is 17.7. The third kappa shape index (κ3) is 6.58. The number of anilines is 1. The Hall–Kier alpha value is -4.37. The van der Waals surface area contributed by atoms with Crippen LogP contribution in [0.1, 0.15) is 22.8 Å². The third-order valence-electron chi connectivity index (χ3n) is 4.73. The Morgan fingerprint density at radius 1 is 0.857 bits per heavy atom. The van der Waals surface area contributed by atoms with Crippen molar-refractivity contribution in [3.63, 3.8) is 0 Å². The molecule has 35 heavy (non-hydrogen) atoms. The van der Waals surface area contributed by atoms with Gasteiger partial charge in [0.05, 0.1) is 31.2 Å². The molecule has 0 aliphatic heterocycles. The first kappa shape index (κ1) is 25.3. The molecule has 0 aliphatic carbocycles. The normalized spacial score (nSPS) is 10.8. The van der Waals surface area contributed by atoms with Crippen LogP contribution in [0.2, 0.25) is 5.02 Å². The molecular weight excluding hydrogens is 474 g/mol. The Kier molecular flexibility index (Phi) is 8.42. The zero-order valence-electron chi connectivity index (χ0n) is 19.1. The van der Waals surface area contributed by atoms with E-state index in [1.807, 2.05) is 0 Å². The minimum absolute atomic E-state index is 0.223. The maximum atomic E-state index is 12.5. The standard InChI is InChI=1S/C25H22ClN3O6/c1-15(19-9-4-5-10-21(19)35-25(32)16-7-6-8-17(26)13-16)28-29-24(31)23(30)27-20-12-11-18(33-2)14-22(20)34-3/h4-14H,1-3H3,(H,27,30)(H,29,31). The molecule has 3 rings (SSSR count). The number of nitrogens with zero attached hydrogens (tertiary/aromatic N) is 1. The summed E-state index contributed by atoms with van der Waals surface area (Å²) in [5, 5.41) is 6.83. The molecule has 180 valence electrons. The summed E-state index contributed by atoms with van der Waals surface area (Å²) in [5.74, 6) is -1.49. The molecule has 0 radical (unpaired) electrons. The lowest BCUT2D eigenvalue weighted by Gasteiger charge is -2.11. The number of carbonyl (C=O) groups is 3. The van der Waals surface area contributed by atoms with Gasteiger partial charge in [-0.1, -0.05) is 29.8 Å². The lowest BCUT2D eigenvalue weighted by atomic mass is 10.1. The van der Waals surface area contributed by atoms with Crippen LogP contribution in [0.4, 0.5) is 5.69 Å². The van der Waals surface area contributed by atoms with Crippen molar-refractivity contribution in [2.45, 2.75) is 6.92 Å². The van der Waals surface area contributed by atoms with Crippen LogP contribution >= 0.6 is 11.6 Å². The fraction of sp³-hybridized carbons (Fsp3) is 0.120. The van der Waals surface area contributed by atoms with Gasteiger partial charge in [0.25, 0.3) is 0 Å². The van der Waals surface area contributed by atoms with E-state index in [0.717, 1.165) is 0 Å². The van der Waals surface area contributed by atoms with Crippen LogP contribution in [-0.2, 0) is 9.59 Å². The number of para-hydroxylation sites is 1. The van der Waals surface area contributed by atoms with E-state index in [1.165, 1.54) is 20.3 Å². The highest BCUT2D eigenvalue weighted by Gasteiger charge is 2.17. The second kappa shape index (κ2) is 11.7. The number of methoxy groups -OCH3 is 2. The SMILES string of the molecule is COc1ccc(NC(=O)C(=O)NN=C(C)c2ccccc2OC(=O)c2cccc(Cl)c2)c(OC)c1. The first-order chi connectivity index (χ1) is 16.8. The molecule has 3 aromatic rings. The average Bonchev–Trinajstić information content (AvgIpc) is 2.87. The van der Waals surface area contributed by atoms with Crippen LogP contribution in [0.5, 0.6) is 17.2 Å². The van der Waals surface area contributed by atoms with Crippen molar-refractivity contribution >= 4 is 40.8 Å². The van der Waals surface area contributed by atoms with E-state index in [1.54, 1.807) is 67.6 Å². The van der Waals surface area contributed by atoms with Crippen molar-refractivity contribution in [1.82, 2.24) is 5.43 Å². The molecule has 0 aromatic heterocycles. The highest BCUT2D eigenvalue weighted by Crippen LogP contribution is 2.29. The van der Waals surface area contributed by atoms with Crippen molar-refractivity contribution in [3.8, 4) is 17.2 Å². The Morgan fingerprint density at radius 3 is 2.34 bits per heavy atom. The number of amides is 2. The smallest absolute Gasteiger partial charge is 0.343 e. The predicted octanol–water partition coefficient (Wildman–Crippen LogP) is 4.06. The number of ether oxygens (including phenoxy) is 3. The largest absolute Gasteiger partial charge is 0.497 e. The van der Waals surface area contributed by atoms with Crippen molar-refractivity contribution in [2.24, 2.45) is 5.10 Å². The Balaban J connectivity index is 1.69. The number of halogens is 1. The molecular formula is C25H22ClN3O6. The van der Waals surface area contributed by atoms with Gasteiger partial charge < -0.3 is 19.5 Å². The number of rotatable bonds is 7. The summed E-state index contributed by atoms with van der Waals surface area (Å²) >= 11 is 5.94. The lowest BCUT2D eigenvalue weighted by Crippen LogP contribution is -2.33. The van der Waals surface area contributed by atoms with Gasteiger partial charge in [-0.15, -0.1) is 0 Å². The number of benzene rings is 3. The van der Waals surface area contributed by atoms with E-state index in [9.17, 15) is 14.4 Å². The van der Waals surface area contributed by atoms with Gasteiger partial charge in [-0.2, -0.15) is 5.10 Å². The highest BCUT2D eigenvalue weighted by atomic mass is 35.5. The molecule has 3 aromatic carbocycles. The Morgan fingerprint density at radius 2 is 1.63 bits per heavy atom. The first-order valence-corrected chi connectivity index (χ1v) is 10.6. The van der Waals surface area contributed by atoms with Crippen LogP contribution in [0.15, 0.2) is 71.8 Å². The quantitative estimate of drug-likeness (QED) is 0.168. The average molecular weight is 496 g/mol. The molecule has 0 atom stereocenters. The van der Waals surface area contributed by atoms with Crippen LogP contribution < -0.4 is 25.0 Å². The number of esters is 1. The highest BCUT2D eigenvalue weighted by molar-refractivity contribution is 6.39. The zero-order valence-corrected chi connectivity index (χ0v) is 19.9. The molecule has 0 heterocycles. The molecule has 0 aliphatic rings. The molecule has 0 bridgehead atoms. The summed E-state index contributed by atoms with van der Waals surface area (Å²) in [5.41, 5.74) is 3.51. The molecule has 9 nitrogen and oxygen atoms in total. The maximum Gasteiger partial charge on any atom is 0.343 e. The molecule has 2 amide bonds. The topological polar surface area (TPSA) is 115 Å². The second-order valence-electron chi connectivity index (χ2n) is 7.05. The minimum Gasteiger partial charge on any atom is -0.497 e. The van der Waals surface area contributed by atoms with E-state index < -0.39 is 17.8 Å². The fourth-order valence-corrected chi connectivity index (χ4v) is 3.15. The summed E-state index contributed by atoms with van der Waals surface area (Å²) in [6.07, 6.45) is 0. The van der Waals surface area contributed by atoms with E-state index in [2.05, 4.69) is 15.8 Å². The molecule has 0 saturated heterocycles. The minimum atomic E-state index is -1.00. The number of hydrogen-bond acceptors (Lipinski definition) is 7. The molecule has 0 spiro atoms. The lowest BCUT2D eigenvalue weighted by molar-refractivity contribution is -0.136. The molecule has 0 unspecified atom stereocenters. The fourth-order valence-electron chi connectivity index (χ4n) is 2.96. The van der Waals surface area contributed by atoms with Gasteiger partial charge >= 0.3 is 17.8 Å². The van der Waals surface area contributed by atoms with Crippen LogP contribution in [0.25, 0.3) is 0 Å². The number of hydrazone groups is 1. The molecule has 10 heteroatoms. The number of carbonyl (C=O) groups excluding carboxylic acids is 3. The zero-order chi connectivity index (χ0) is 25.4. The van der Waals surface area contributed by atoms with Gasteiger partial charge in [-0.05, 0) is 49.4 Å². The van der Waals surface area contributed by atoms with Gasteiger partial charge in [-0.25, -0.2) is 10.2 Å². The van der Waals surface area contributed by atoms with E-state index >= 15 is 0 Å². The van der Waals surface area contributed by atoms with Gasteiger partial charge in [0.1, 0.15) is 17.2 Å².